The van der Waals surface area contributed by atoms with E-state index in [2.05, 4.69) is 28.0 Å². The predicted octanol–water partition coefficient (Wildman–Crippen LogP) is 0.594. The molecule has 0 aromatic carbocycles. The van der Waals surface area contributed by atoms with E-state index < -0.39 is 0 Å². The molecule has 0 aliphatic carbocycles. The van der Waals surface area contributed by atoms with Gasteiger partial charge in [-0.15, -0.1) is 0 Å². The van der Waals surface area contributed by atoms with Gasteiger partial charge in [-0.25, -0.2) is 0 Å². The van der Waals surface area contributed by atoms with Crippen LogP contribution in [-0.2, 0) is 22.4 Å². The van der Waals surface area contributed by atoms with Gasteiger partial charge in [0, 0.05) is 22.4 Å². The fourth-order valence-electron chi connectivity index (χ4n) is 1.04. The summed E-state index contributed by atoms with van der Waals surface area (Å²) in [5.41, 5.74) is 0. The molecule has 9 heavy (non-hydrogen) atoms. The van der Waals surface area contributed by atoms with E-state index in [1.807, 2.05) is 0 Å². The molecule has 1 unspecified atom stereocenters. The van der Waals surface area contributed by atoms with Gasteiger partial charge in [0.1, 0.15) is 0 Å². The van der Waals surface area contributed by atoms with Gasteiger partial charge in [-0.1, -0.05) is 0 Å². The largest absolute Gasteiger partial charge is 0 e. The molecule has 1 heterocycles. The van der Waals surface area contributed by atoms with E-state index >= 15 is 0 Å². The van der Waals surface area contributed by atoms with Crippen molar-refractivity contribution in [3.63, 3.8) is 0 Å². The monoisotopic (exact) mass is 375 g/mol. The number of hydrogen-bond donors (Lipinski definition) is 0. The van der Waals surface area contributed by atoms with Crippen LogP contribution in [0, 0.1) is 0 Å². The van der Waals surface area contributed by atoms with Crippen LogP contribution in [0.5, 0.6) is 0 Å². The molecule has 0 aromatic heterocycles. The van der Waals surface area contributed by atoms with Crippen molar-refractivity contribution < 1.29 is 22.4 Å². The SMILES string of the molecule is CN1CCCCC1[Se].[Au]. The molecule has 0 N–H and O–H groups in total. The molecule has 1 aliphatic heterocycles. The second-order valence-corrected chi connectivity index (χ2v) is 3.57. The van der Waals surface area contributed by atoms with Crippen molar-refractivity contribution in [3.8, 4) is 0 Å². The van der Waals surface area contributed by atoms with Gasteiger partial charge >= 0.3 is 58.7 Å². The van der Waals surface area contributed by atoms with Crippen LogP contribution in [0.1, 0.15) is 19.3 Å². The summed E-state index contributed by atoms with van der Waals surface area (Å²) in [5.74, 6) is 0. The standard InChI is InChI=1S/C6H12NSe.Au/c1-7-5-3-2-4-6(7)8;/h6H,2-5H2,1H3;. The third kappa shape index (κ3) is 3.22. The zero-order valence-corrected chi connectivity index (χ0v) is 9.44. The summed E-state index contributed by atoms with van der Waals surface area (Å²) in [6, 6.07) is 0. The van der Waals surface area contributed by atoms with Crippen molar-refractivity contribution in [2.24, 2.45) is 0 Å². The molecule has 1 atom stereocenters. The van der Waals surface area contributed by atoms with E-state index in [0.717, 1.165) is 0 Å². The summed E-state index contributed by atoms with van der Waals surface area (Å²) in [6.07, 6.45) is 4.13. The molecule has 2 radical (unpaired) electrons. The van der Waals surface area contributed by atoms with Gasteiger partial charge in [-0.2, -0.15) is 0 Å². The summed E-state index contributed by atoms with van der Waals surface area (Å²) in [6.45, 7) is 1.28. The summed E-state index contributed by atoms with van der Waals surface area (Å²) in [7, 11) is 2.18. The molecule has 1 nitrogen and oxygen atoms in total. The van der Waals surface area contributed by atoms with Gasteiger partial charge < -0.3 is 0 Å². The van der Waals surface area contributed by atoms with Crippen LogP contribution in [0.25, 0.3) is 0 Å². The molecule has 58 valence electrons. The number of nitrogens with zero attached hydrogens (tertiary/aromatic N) is 1. The van der Waals surface area contributed by atoms with Gasteiger partial charge in [-0.05, 0) is 0 Å². The molecule has 3 heteroatoms. The Bertz CT molecular complexity index is 69.5. The molecule has 1 rings (SSSR count). The molecular weight excluding hydrogens is 362 g/mol. The van der Waals surface area contributed by atoms with Gasteiger partial charge in [-0.3, -0.25) is 0 Å². The summed E-state index contributed by atoms with van der Waals surface area (Å²) >= 11 is 3.15. The van der Waals surface area contributed by atoms with Gasteiger partial charge in [0.25, 0.3) is 0 Å². The van der Waals surface area contributed by atoms with Crippen LogP contribution in [-0.4, -0.2) is 39.4 Å². The Morgan fingerprint density at radius 1 is 1.44 bits per heavy atom. The quantitative estimate of drug-likeness (QED) is 0.562. The summed E-state index contributed by atoms with van der Waals surface area (Å²) < 4.78 is 0. The number of piperidine rings is 1. The Balaban J connectivity index is 0.000000640. The summed E-state index contributed by atoms with van der Waals surface area (Å²) in [4.78, 5) is 3.09. The smallest absolute Gasteiger partial charge is 0 e. The van der Waals surface area contributed by atoms with Crippen molar-refractivity contribution in [2.75, 3.05) is 13.6 Å². The maximum absolute atomic E-state index is 3.15. The Hall–Kier alpha value is 1.22. The molecule has 0 bridgehead atoms. The zero-order chi connectivity index (χ0) is 5.98. The first-order chi connectivity index (χ1) is 3.80. The predicted molar refractivity (Wildman–Crippen MR) is 36.0 cm³/mol. The van der Waals surface area contributed by atoms with E-state index in [9.17, 15) is 0 Å². The van der Waals surface area contributed by atoms with Crippen LogP contribution in [0.4, 0.5) is 0 Å². The van der Waals surface area contributed by atoms with Gasteiger partial charge in [0.05, 0.1) is 0 Å². The van der Waals surface area contributed by atoms with Crippen LogP contribution < -0.4 is 0 Å². The number of rotatable bonds is 0. The minimum atomic E-state index is 0. The fraction of sp³-hybridized carbons (Fsp3) is 1.00. The Kier molecular flexibility index (Phi) is 5.62. The van der Waals surface area contributed by atoms with Crippen LogP contribution in [0.3, 0.4) is 0 Å². The minimum Gasteiger partial charge on any atom is 0 e. The maximum Gasteiger partial charge on any atom is 0 e. The fourth-order valence-corrected chi connectivity index (χ4v) is 1.62. The van der Waals surface area contributed by atoms with Crippen molar-refractivity contribution in [1.82, 2.24) is 4.90 Å². The summed E-state index contributed by atoms with van der Waals surface area (Å²) in [5, 5.41) is 0. The second-order valence-electron chi connectivity index (χ2n) is 2.43. The Morgan fingerprint density at radius 3 is 2.44 bits per heavy atom. The van der Waals surface area contributed by atoms with Crippen molar-refractivity contribution in [2.45, 2.75) is 24.2 Å². The minimum absolute atomic E-state index is 0. The topological polar surface area (TPSA) is 3.24 Å². The molecule has 0 spiro atoms. The van der Waals surface area contributed by atoms with E-state index in [-0.39, 0.29) is 22.4 Å². The number of likely N-dealkylation sites (tertiary alicyclic amines) is 1. The molecule has 1 fully saturated rings. The third-order valence-electron chi connectivity index (χ3n) is 1.70. The van der Waals surface area contributed by atoms with E-state index in [1.54, 1.807) is 0 Å². The first-order valence-corrected chi connectivity index (χ1v) is 4.15. The first kappa shape index (κ1) is 10.2. The van der Waals surface area contributed by atoms with E-state index in [1.165, 1.54) is 25.8 Å². The van der Waals surface area contributed by atoms with Gasteiger partial charge in [0.15, 0.2) is 0 Å². The Morgan fingerprint density at radius 2 is 2.11 bits per heavy atom. The molecular formula is C6H12AuNSe. The third-order valence-corrected chi connectivity index (χ3v) is 2.95. The van der Waals surface area contributed by atoms with Gasteiger partial charge in [0.2, 0.25) is 0 Å². The molecule has 0 saturated carbocycles. The first-order valence-electron chi connectivity index (χ1n) is 3.17. The van der Waals surface area contributed by atoms with E-state index in [0.29, 0.717) is 4.94 Å². The molecule has 0 amide bonds. The molecule has 1 saturated heterocycles. The van der Waals surface area contributed by atoms with Crippen LogP contribution in [0.2, 0.25) is 0 Å². The average Bonchev–Trinajstić information content (AvgIpc) is 1.77. The Labute approximate surface area is 80.9 Å². The zero-order valence-electron chi connectivity index (χ0n) is 5.56. The number of hydrogen-bond acceptors (Lipinski definition) is 1. The maximum atomic E-state index is 3.15. The second kappa shape index (κ2) is 4.95. The van der Waals surface area contributed by atoms with E-state index in [4.69, 9.17) is 0 Å². The van der Waals surface area contributed by atoms with Crippen LogP contribution >= 0.6 is 0 Å². The molecule has 1 aliphatic rings. The van der Waals surface area contributed by atoms with Crippen molar-refractivity contribution in [1.29, 1.82) is 0 Å². The molecule has 0 aromatic rings. The van der Waals surface area contributed by atoms with Crippen molar-refractivity contribution >= 4 is 16.0 Å². The average molecular weight is 374 g/mol. The van der Waals surface area contributed by atoms with Crippen LogP contribution in [0.15, 0.2) is 0 Å². The normalized spacial score (nSPS) is 29.3. The van der Waals surface area contributed by atoms with Crippen molar-refractivity contribution in [3.05, 3.63) is 0 Å².